The summed E-state index contributed by atoms with van der Waals surface area (Å²) in [6.07, 6.45) is 0.171. The normalized spacial score (nSPS) is 10.5. The fraction of sp³-hybridized carbons (Fsp3) is 0.353. The van der Waals surface area contributed by atoms with Crippen molar-refractivity contribution in [1.29, 1.82) is 0 Å². The maximum absolute atomic E-state index is 11.8. The molecular weight excluding hydrogens is 268 g/mol. The summed E-state index contributed by atoms with van der Waals surface area (Å²) in [6.45, 7) is 4.09. The zero-order chi connectivity index (χ0) is 15.4. The van der Waals surface area contributed by atoms with Crippen molar-refractivity contribution in [3.05, 3.63) is 35.4 Å². The van der Waals surface area contributed by atoms with Crippen molar-refractivity contribution < 1.29 is 19.0 Å². The topological polar surface area (TPSA) is 44.8 Å². The van der Waals surface area contributed by atoms with Gasteiger partial charge in [-0.3, -0.25) is 4.79 Å². The summed E-state index contributed by atoms with van der Waals surface area (Å²) in [7, 11) is 3.25. The largest absolute Gasteiger partial charge is 0.496 e. The van der Waals surface area contributed by atoms with Gasteiger partial charge in [0.25, 0.3) is 0 Å². The monoisotopic (exact) mass is 288 g/mol. The fourth-order valence-electron chi connectivity index (χ4n) is 2.62. The number of ether oxygens (including phenoxy) is 3. The summed E-state index contributed by atoms with van der Waals surface area (Å²) in [5.41, 5.74) is 1.72. The van der Waals surface area contributed by atoms with Crippen LogP contribution in [-0.4, -0.2) is 26.8 Å². The van der Waals surface area contributed by atoms with Crippen LogP contribution in [0.15, 0.2) is 24.3 Å². The summed E-state index contributed by atoms with van der Waals surface area (Å²) in [5.74, 6) is 1.21. The van der Waals surface area contributed by atoms with Crippen LogP contribution in [-0.2, 0) is 16.0 Å². The molecule has 0 heterocycles. The standard InChI is InChI=1S/C17H20O4/c1-5-21-15(18)10-14-11(2)16(19-3)12-8-6-7-9-13(12)17(14)20-4/h6-9H,5,10H2,1-4H3. The van der Waals surface area contributed by atoms with Gasteiger partial charge < -0.3 is 14.2 Å². The van der Waals surface area contributed by atoms with E-state index >= 15 is 0 Å². The molecule has 0 saturated carbocycles. The minimum Gasteiger partial charge on any atom is -0.496 e. The first-order valence-electron chi connectivity index (χ1n) is 6.91. The Bertz CT molecular complexity index is 661. The third-order valence-electron chi connectivity index (χ3n) is 3.52. The molecule has 0 N–H and O–H groups in total. The van der Waals surface area contributed by atoms with Gasteiger partial charge in [-0.15, -0.1) is 0 Å². The van der Waals surface area contributed by atoms with Crippen LogP contribution in [0.4, 0.5) is 0 Å². The molecule has 2 aromatic carbocycles. The molecule has 0 fully saturated rings. The van der Waals surface area contributed by atoms with E-state index in [0.717, 1.165) is 27.6 Å². The van der Waals surface area contributed by atoms with Crippen molar-refractivity contribution in [2.45, 2.75) is 20.3 Å². The van der Waals surface area contributed by atoms with Crippen LogP contribution >= 0.6 is 0 Å². The van der Waals surface area contributed by atoms with E-state index in [4.69, 9.17) is 14.2 Å². The van der Waals surface area contributed by atoms with Gasteiger partial charge in [0, 0.05) is 16.3 Å². The maximum Gasteiger partial charge on any atom is 0.310 e. The zero-order valence-corrected chi connectivity index (χ0v) is 12.9. The highest BCUT2D eigenvalue weighted by Gasteiger charge is 2.20. The molecule has 0 bridgehead atoms. The summed E-state index contributed by atoms with van der Waals surface area (Å²) in [4.78, 5) is 11.8. The van der Waals surface area contributed by atoms with Gasteiger partial charge in [0.1, 0.15) is 11.5 Å². The van der Waals surface area contributed by atoms with Gasteiger partial charge in [-0.2, -0.15) is 0 Å². The highest BCUT2D eigenvalue weighted by Crippen LogP contribution is 2.40. The number of esters is 1. The summed E-state index contributed by atoms with van der Waals surface area (Å²) < 4.78 is 16.1. The second-order valence-electron chi connectivity index (χ2n) is 4.70. The first kappa shape index (κ1) is 15.2. The molecule has 2 aromatic rings. The Morgan fingerprint density at radius 3 is 2.14 bits per heavy atom. The lowest BCUT2D eigenvalue weighted by Crippen LogP contribution is -2.10. The Hall–Kier alpha value is -2.23. The number of hydrogen-bond acceptors (Lipinski definition) is 4. The fourth-order valence-corrected chi connectivity index (χ4v) is 2.62. The molecule has 21 heavy (non-hydrogen) atoms. The molecule has 0 amide bonds. The number of benzene rings is 2. The number of carbonyl (C=O) groups excluding carboxylic acids is 1. The first-order chi connectivity index (χ1) is 10.1. The Morgan fingerprint density at radius 2 is 1.62 bits per heavy atom. The number of hydrogen-bond donors (Lipinski definition) is 0. The number of fused-ring (bicyclic) bond motifs is 1. The van der Waals surface area contributed by atoms with Gasteiger partial charge in [0.2, 0.25) is 0 Å². The molecule has 0 atom stereocenters. The van der Waals surface area contributed by atoms with Gasteiger partial charge >= 0.3 is 5.97 Å². The Labute approximate surface area is 124 Å². The summed E-state index contributed by atoms with van der Waals surface area (Å²) in [6, 6.07) is 7.84. The van der Waals surface area contributed by atoms with E-state index in [-0.39, 0.29) is 12.4 Å². The van der Waals surface area contributed by atoms with E-state index in [1.807, 2.05) is 31.2 Å². The molecule has 0 aliphatic carbocycles. The van der Waals surface area contributed by atoms with Gasteiger partial charge in [-0.25, -0.2) is 0 Å². The number of rotatable bonds is 5. The molecule has 0 radical (unpaired) electrons. The predicted molar refractivity (Wildman–Crippen MR) is 82.1 cm³/mol. The lowest BCUT2D eigenvalue weighted by atomic mass is 9.96. The van der Waals surface area contributed by atoms with E-state index in [9.17, 15) is 4.79 Å². The lowest BCUT2D eigenvalue weighted by molar-refractivity contribution is -0.142. The predicted octanol–water partition coefficient (Wildman–Crippen LogP) is 3.27. The van der Waals surface area contributed by atoms with Crippen molar-refractivity contribution in [2.75, 3.05) is 20.8 Å². The van der Waals surface area contributed by atoms with Crippen molar-refractivity contribution in [3.8, 4) is 11.5 Å². The Morgan fingerprint density at radius 1 is 1.05 bits per heavy atom. The summed E-state index contributed by atoms with van der Waals surface area (Å²) >= 11 is 0. The molecule has 112 valence electrons. The Kier molecular flexibility index (Phi) is 4.68. The van der Waals surface area contributed by atoms with Crippen LogP contribution in [0.25, 0.3) is 10.8 Å². The highest BCUT2D eigenvalue weighted by atomic mass is 16.5. The second kappa shape index (κ2) is 6.48. The molecule has 0 spiro atoms. The molecule has 0 unspecified atom stereocenters. The molecule has 0 aliphatic rings. The van der Waals surface area contributed by atoms with E-state index in [1.165, 1.54) is 0 Å². The minimum atomic E-state index is -0.267. The second-order valence-corrected chi connectivity index (χ2v) is 4.70. The van der Waals surface area contributed by atoms with E-state index in [2.05, 4.69) is 0 Å². The third kappa shape index (κ3) is 2.79. The van der Waals surface area contributed by atoms with Gasteiger partial charge in [0.05, 0.1) is 27.2 Å². The van der Waals surface area contributed by atoms with Crippen LogP contribution in [0, 0.1) is 6.92 Å². The van der Waals surface area contributed by atoms with Gasteiger partial charge in [0.15, 0.2) is 0 Å². The quantitative estimate of drug-likeness (QED) is 0.792. The van der Waals surface area contributed by atoms with Crippen molar-refractivity contribution in [3.63, 3.8) is 0 Å². The molecular formula is C17H20O4. The van der Waals surface area contributed by atoms with Crippen LogP contribution in [0.1, 0.15) is 18.1 Å². The van der Waals surface area contributed by atoms with Crippen LogP contribution < -0.4 is 9.47 Å². The summed E-state index contributed by atoms with van der Waals surface area (Å²) in [5, 5.41) is 1.91. The molecule has 0 aliphatic heterocycles. The van der Waals surface area contributed by atoms with E-state index < -0.39 is 0 Å². The first-order valence-corrected chi connectivity index (χ1v) is 6.91. The van der Waals surface area contributed by atoms with E-state index in [0.29, 0.717) is 12.4 Å². The number of methoxy groups -OCH3 is 2. The van der Waals surface area contributed by atoms with Crippen LogP contribution in [0.3, 0.4) is 0 Å². The molecule has 4 heteroatoms. The number of carbonyl (C=O) groups is 1. The van der Waals surface area contributed by atoms with Crippen LogP contribution in [0.2, 0.25) is 0 Å². The minimum absolute atomic E-state index is 0.171. The van der Waals surface area contributed by atoms with Crippen molar-refractivity contribution in [1.82, 2.24) is 0 Å². The smallest absolute Gasteiger partial charge is 0.310 e. The average molecular weight is 288 g/mol. The van der Waals surface area contributed by atoms with Crippen LogP contribution in [0.5, 0.6) is 11.5 Å². The van der Waals surface area contributed by atoms with Crippen molar-refractivity contribution in [2.24, 2.45) is 0 Å². The third-order valence-corrected chi connectivity index (χ3v) is 3.52. The van der Waals surface area contributed by atoms with Gasteiger partial charge in [-0.05, 0) is 19.4 Å². The molecule has 0 saturated heterocycles. The molecule has 4 nitrogen and oxygen atoms in total. The SMILES string of the molecule is CCOC(=O)Cc1c(C)c(OC)c2ccccc2c1OC. The Balaban J connectivity index is 2.68. The molecule has 0 aromatic heterocycles. The lowest BCUT2D eigenvalue weighted by Gasteiger charge is -2.18. The average Bonchev–Trinajstić information content (AvgIpc) is 2.48. The maximum atomic E-state index is 11.8. The zero-order valence-electron chi connectivity index (χ0n) is 12.9. The van der Waals surface area contributed by atoms with Crippen molar-refractivity contribution >= 4 is 16.7 Å². The molecule has 2 rings (SSSR count). The highest BCUT2D eigenvalue weighted by molar-refractivity contribution is 5.97. The van der Waals surface area contributed by atoms with Gasteiger partial charge in [-0.1, -0.05) is 24.3 Å². The van der Waals surface area contributed by atoms with E-state index in [1.54, 1.807) is 21.1 Å².